The predicted octanol–water partition coefficient (Wildman–Crippen LogP) is 2.02. The minimum Gasteiger partial charge on any atom is -0.480 e. The highest BCUT2D eigenvalue weighted by Gasteiger charge is 2.21. The normalized spacial score (nSPS) is 13.3. The van der Waals surface area contributed by atoms with Crippen LogP contribution < -0.4 is 15.7 Å². The Labute approximate surface area is 144 Å². The number of fused-ring (bicyclic) bond motifs is 1. The number of carbonyl (C=O) groups is 2. The van der Waals surface area contributed by atoms with Gasteiger partial charge in [-0.3, -0.25) is 9.59 Å². The van der Waals surface area contributed by atoms with E-state index in [0.717, 1.165) is 10.9 Å². The first kappa shape index (κ1) is 18.5. The molecule has 1 aromatic heterocycles. The molecule has 0 radical (unpaired) electrons. The van der Waals surface area contributed by atoms with E-state index in [4.69, 9.17) is 14.3 Å². The Kier molecular flexibility index (Phi) is 5.46. The topological polar surface area (TPSA) is 106 Å². The molecule has 2 rings (SSSR count). The molecule has 0 aliphatic heterocycles. The van der Waals surface area contributed by atoms with E-state index in [9.17, 15) is 14.4 Å². The number of carboxylic acids is 1. The fourth-order valence-electron chi connectivity index (χ4n) is 2.46. The van der Waals surface area contributed by atoms with Crippen molar-refractivity contribution in [3.05, 3.63) is 39.7 Å². The van der Waals surface area contributed by atoms with Gasteiger partial charge in [0.2, 0.25) is 0 Å². The van der Waals surface area contributed by atoms with Gasteiger partial charge in [-0.25, -0.2) is 4.79 Å². The zero-order valence-electron chi connectivity index (χ0n) is 14.6. The van der Waals surface area contributed by atoms with Gasteiger partial charge in [-0.1, -0.05) is 6.92 Å². The van der Waals surface area contributed by atoms with Crippen LogP contribution in [0, 0.1) is 6.92 Å². The second-order valence-electron chi connectivity index (χ2n) is 5.84. The van der Waals surface area contributed by atoms with Gasteiger partial charge in [0, 0.05) is 17.0 Å². The molecule has 7 heteroatoms. The van der Waals surface area contributed by atoms with E-state index in [2.05, 4.69) is 5.32 Å². The summed E-state index contributed by atoms with van der Waals surface area (Å²) in [5.74, 6) is -1.27. The lowest BCUT2D eigenvalue weighted by molar-refractivity contribution is -0.142. The van der Waals surface area contributed by atoms with Crippen molar-refractivity contribution in [3.63, 3.8) is 0 Å². The van der Waals surface area contributed by atoms with E-state index in [1.807, 2.05) is 6.92 Å². The minimum absolute atomic E-state index is 0.398. The second kappa shape index (κ2) is 7.38. The summed E-state index contributed by atoms with van der Waals surface area (Å²) in [7, 11) is 0. The SMILES string of the molecule is CCc1cc(=O)oc2c(C)c(O[C@@H](C)C(=O)N[C@@H](C)C(=O)O)ccc12. The lowest BCUT2D eigenvalue weighted by Gasteiger charge is -2.18. The van der Waals surface area contributed by atoms with Crippen molar-refractivity contribution in [2.75, 3.05) is 0 Å². The molecule has 1 heterocycles. The van der Waals surface area contributed by atoms with Crippen LogP contribution in [-0.4, -0.2) is 29.1 Å². The Morgan fingerprint density at radius 1 is 1.32 bits per heavy atom. The summed E-state index contributed by atoms with van der Waals surface area (Å²) in [4.78, 5) is 34.5. The molecule has 0 unspecified atom stereocenters. The molecular weight excluding hydrogens is 326 g/mol. The van der Waals surface area contributed by atoms with Crippen molar-refractivity contribution in [3.8, 4) is 5.75 Å². The number of carboxylic acid groups (broad SMARTS) is 1. The number of nitrogens with one attached hydrogen (secondary N) is 1. The van der Waals surface area contributed by atoms with E-state index in [0.29, 0.717) is 23.3 Å². The van der Waals surface area contributed by atoms with E-state index in [1.165, 1.54) is 19.9 Å². The maximum absolute atomic E-state index is 12.0. The molecule has 0 aliphatic rings. The van der Waals surface area contributed by atoms with Gasteiger partial charge in [0.25, 0.3) is 5.91 Å². The third kappa shape index (κ3) is 3.99. The quantitative estimate of drug-likeness (QED) is 0.775. The zero-order chi connectivity index (χ0) is 18.7. The average molecular weight is 347 g/mol. The van der Waals surface area contributed by atoms with Crippen LogP contribution in [0.25, 0.3) is 11.0 Å². The fraction of sp³-hybridized carbons (Fsp3) is 0.389. The number of benzene rings is 1. The highest BCUT2D eigenvalue weighted by molar-refractivity contribution is 5.87. The van der Waals surface area contributed by atoms with Crippen LogP contribution in [0.1, 0.15) is 31.9 Å². The fourth-order valence-corrected chi connectivity index (χ4v) is 2.46. The molecule has 134 valence electrons. The highest BCUT2D eigenvalue weighted by Crippen LogP contribution is 2.29. The first-order valence-electron chi connectivity index (χ1n) is 8.00. The van der Waals surface area contributed by atoms with Gasteiger partial charge in [-0.15, -0.1) is 0 Å². The first-order valence-corrected chi connectivity index (χ1v) is 8.00. The molecule has 0 aliphatic carbocycles. The van der Waals surface area contributed by atoms with Crippen LogP contribution in [0.4, 0.5) is 0 Å². The maximum Gasteiger partial charge on any atom is 0.336 e. The van der Waals surface area contributed by atoms with Crippen molar-refractivity contribution in [2.45, 2.75) is 46.3 Å². The van der Waals surface area contributed by atoms with E-state index in [1.54, 1.807) is 19.1 Å². The van der Waals surface area contributed by atoms with Crippen LogP contribution in [0.3, 0.4) is 0 Å². The molecule has 2 N–H and O–H groups in total. The van der Waals surface area contributed by atoms with E-state index in [-0.39, 0.29) is 0 Å². The molecule has 0 saturated heterocycles. The third-order valence-electron chi connectivity index (χ3n) is 3.98. The van der Waals surface area contributed by atoms with Gasteiger partial charge < -0.3 is 19.6 Å². The second-order valence-corrected chi connectivity index (χ2v) is 5.84. The van der Waals surface area contributed by atoms with Gasteiger partial charge >= 0.3 is 11.6 Å². The molecule has 1 amide bonds. The molecule has 0 saturated carbocycles. The number of hydrogen-bond donors (Lipinski definition) is 2. The molecule has 7 nitrogen and oxygen atoms in total. The summed E-state index contributed by atoms with van der Waals surface area (Å²) in [5.41, 5.74) is 1.47. The number of amides is 1. The lowest BCUT2D eigenvalue weighted by atomic mass is 10.0. The van der Waals surface area contributed by atoms with E-state index < -0.39 is 29.6 Å². The summed E-state index contributed by atoms with van der Waals surface area (Å²) in [6.07, 6.45) is -0.216. The van der Waals surface area contributed by atoms with Crippen LogP contribution in [-0.2, 0) is 16.0 Å². The number of carbonyl (C=O) groups excluding carboxylic acids is 1. The van der Waals surface area contributed by atoms with Crippen molar-refractivity contribution >= 4 is 22.8 Å². The molecular formula is C18H21NO6. The number of hydrogen-bond acceptors (Lipinski definition) is 5. The average Bonchev–Trinajstić information content (AvgIpc) is 2.56. The maximum atomic E-state index is 12.0. The molecule has 2 atom stereocenters. The third-order valence-corrected chi connectivity index (χ3v) is 3.98. The van der Waals surface area contributed by atoms with Crippen LogP contribution >= 0.6 is 0 Å². The van der Waals surface area contributed by atoms with Crippen molar-refractivity contribution < 1.29 is 23.8 Å². The Bertz CT molecular complexity index is 870. The van der Waals surface area contributed by atoms with Crippen molar-refractivity contribution in [1.82, 2.24) is 5.32 Å². The minimum atomic E-state index is -1.13. The van der Waals surface area contributed by atoms with Gasteiger partial charge in [0.1, 0.15) is 17.4 Å². The van der Waals surface area contributed by atoms with Crippen molar-refractivity contribution in [1.29, 1.82) is 0 Å². The molecule has 0 bridgehead atoms. The summed E-state index contributed by atoms with van der Waals surface area (Å²) in [6, 6.07) is 3.94. The number of aliphatic carboxylic acids is 1. The van der Waals surface area contributed by atoms with Gasteiger partial charge in [0.15, 0.2) is 6.10 Å². The summed E-state index contributed by atoms with van der Waals surface area (Å²) in [6.45, 7) is 6.58. The monoisotopic (exact) mass is 347 g/mol. The van der Waals surface area contributed by atoms with Crippen LogP contribution in [0.15, 0.2) is 27.4 Å². The Morgan fingerprint density at radius 2 is 2.00 bits per heavy atom. The molecule has 25 heavy (non-hydrogen) atoms. The Balaban J connectivity index is 2.30. The van der Waals surface area contributed by atoms with Gasteiger partial charge in [0.05, 0.1) is 0 Å². The van der Waals surface area contributed by atoms with E-state index >= 15 is 0 Å². The molecule has 0 spiro atoms. The van der Waals surface area contributed by atoms with Gasteiger partial charge in [-0.2, -0.15) is 0 Å². The van der Waals surface area contributed by atoms with Crippen LogP contribution in [0.5, 0.6) is 5.75 Å². The number of rotatable bonds is 6. The Hall–Kier alpha value is -2.83. The van der Waals surface area contributed by atoms with Crippen LogP contribution in [0.2, 0.25) is 0 Å². The number of aryl methyl sites for hydroxylation is 2. The van der Waals surface area contributed by atoms with Crippen molar-refractivity contribution in [2.24, 2.45) is 0 Å². The molecule has 1 aromatic carbocycles. The zero-order valence-corrected chi connectivity index (χ0v) is 14.6. The lowest BCUT2D eigenvalue weighted by Crippen LogP contribution is -2.44. The smallest absolute Gasteiger partial charge is 0.336 e. The Morgan fingerprint density at radius 3 is 2.60 bits per heavy atom. The largest absolute Gasteiger partial charge is 0.480 e. The first-order chi connectivity index (χ1) is 11.7. The molecule has 2 aromatic rings. The number of ether oxygens (including phenoxy) is 1. The molecule has 0 fully saturated rings. The summed E-state index contributed by atoms with van der Waals surface area (Å²) >= 11 is 0. The summed E-state index contributed by atoms with van der Waals surface area (Å²) < 4.78 is 10.9. The standard InChI is InChI=1S/C18H21NO6/c1-5-12-8-15(20)25-16-9(2)14(7-6-13(12)16)24-11(4)17(21)19-10(3)18(22)23/h6-8,10-11H,5H2,1-4H3,(H,19,21)(H,22,23)/t10-,11-/m0/s1. The van der Waals surface area contributed by atoms with Gasteiger partial charge in [-0.05, 0) is 44.9 Å². The predicted molar refractivity (Wildman–Crippen MR) is 91.9 cm³/mol. The summed E-state index contributed by atoms with van der Waals surface area (Å²) in [5, 5.41) is 12.0. The highest BCUT2D eigenvalue weighted by atomic mass is 16.5.